The lowest BCUT2D eigenvalue weighted by atomic mass is 10.0. The third-order valence-electron chi connectivity index (χ3n) is 2.41. The van der Waals surface area contributed by atoms with Gasteiger partial charge in [-0.25, -0.2) is 4.39 Å². The topological polar surface area (TPSA) is 12.0 Å². The molecule has 1 rings (SSSR count). The van der Waals surface area contributed by atoms with Crippen LogP contribution in [0.5, 0.6) is 0 Å². The van der Waals surface area contributed by atoms with Crippen molar-refractivity contribution in [2.24, 2.45) is 0 Å². The molecule has 80 valence electrons. The fourth-order valence-electron chi connectivity index (χ4n) is 1.61. The van der Waals surface area contributed by atoms with E-state index in [4.69, 9.17) is 6.42 Å². The Balaban J connectivity index is 2.62. The van der Waals surface area contributed by atoms with Crippen LogP contribution in [0.25, 0.3) is 0 Å². The Kier molecular flexibility index (Phi) is 4.86. The van der Waals surface area contributed by atoms with E-state index < -0.39 is 0 Å². The number of halogens is 1. The van der Waals surface area contributed by atoms with Gasteiger partial charge < -0.3 is 5.32 Å². The van der Waals surface area contributed by atoms with Gasteiger partial charge in [0.05, 0.1) is 0 Å². The van der Waals surface area contributed by atoms with Crippen molar-refractivity contribution in [1.29, 1.82) is 0 Å². The Morgan fingerprint density at radius 2 is 2.33 bits per heavy atom. The van der Waals surface area contributed by atoms with Crippen LogP contribution < -0.4 is 5.32 Å². The Labute approximate surface area is 90.7 Å². The molecule has 0 aliphatic heterocycles. The molecule has 0 aliphatic rings. The molecule has 1 unspecified atom stereocenters. The van der Waals surface area contributed by atoms with Gasteiger partial charge in [-0.2, -0.15) is 0 Å². The maximum Gasteiger partial charge on any atom is 0.123 e. The van der Waals surface area contributed by atoms with Crippen LogP contribution >= 0.6 is 0 Å². The van der Waals surface area contributed by atoms with Gasteiger partial charge in [-0.3, -0.25) is 0 Å². The Bertz CT molecular complexity index is 341. The SMILES string of the molecule is C#CCCCC(NC)c1cccc(F)c1. The van der Waals surface area contributed by atoms with E-state index in [1.54, 1.807) is 12.1 Å². The summed E-state index contributed by atoms with van der Waals surface area (Å²) >= 11 is 0. The van der Waals surface area contributed by atoms with Gasteiger partial charge in [0.2, 0.25) is 0 Å². The van der Waals surface area contributed by atoms with Gasteiger partial charge >= 0.3 is 0 Å². The first-order valence-electron chi connectivity index (χ1n) is 5.14. The molecular formula is C13H16FN. The van der Waals surface area contributed by atoms with E-state index in [1.807, 2.05) is 13.1 Å². The van der Waals surface area contributed by atoms with E-state index in [0.29, 0.717) is 0 Å². The molecule has 1 N–H and O–H groups in total. The second-order valence-corrected chi connectivity index (χ2v) is 3.49. The number of nitrogens with one attached hydrogen (secondary N) is 1. The number of hydrogen-bond donors (Lipinski definition) is 1. The summed E-state index contributed by atoms with van der Waals surface area (Å²) in [6.07, 6.45) is 7.85. The summed E-state index contributed by atoms with van der Waals surface area (Å²) < 4.78 is 13.0. The predicted octanol–water partition coefficient (Wildman–Crippen LogP) is 2.89. The van der Waals surface area contributed by atoms with Crippen molar-refractivity contribution in [3.63, 3.8) is 0 Å². The highest BCUT2D eigenvalue weighted by Gasteiger charge is 2.08. The number of unbranched alkanes of at least 4 members (excludes halogenated alkanes) is 1. The molecule has 0 saturated carbocycles. The van der Waals surface area contributed by atoms with Gasteiger partial charge in [0, 0.05) is 12.5 Å². The van der Waals surface area contributed by atoms with Crippen LogP contribution in [0.4, 0.5) is 4.39 Å². The first kappa shape index (κ1) is 11.7. The highest BCUT2D eigenvalue weighted by atomic mass is 19.1. The minimum absolute atomic E-state index is 0.189. The standard InChI is InChI=1S/C13H16FN/c1-3-4-5-9-13(15-2)11-7-6-8-12(14)10-11/h1,6-8,10,13,15H,4-5,9H2,2H3. The molecule has 1 atom stereocenters. The van der Waals surface area contributed by atoms with Crippen LogP contribution in [0.1, 0.15) is 30.9 Å². The van der Waals surface area contributed by atoms with Crippen molar-refractivity contribution in [2.45, 2.75) is 25.3 Å². The molecular weight excluding hydrogens is 189 g/mol. The zero-order chi connectivity index (χ0) is 11.1. The molecule has 1 nitrogen and oxygen atoms in total. The summed E-state index contributed by atoms with van der Waals surface area (Å²) in [4.78, 5) is 0. The van der Waals surface area contributed by atoms with Crippen LogP contribution in [0.3, 0.4) is 0 Å². The molecule has 0 saturated heterocycles. The lowest BCUT2D eigenvalue weighted by Gasteiger charge is -2.15. The second-order valence-electron chi connectivity index (χ2n) is 3.49. The van der Waals surface area contributed by atoms with E-state index in [0.717, 1.165) is 24.8 Å². The van der Waals surface area contributed by atoms with Crippen molar-refractivity contribution in [3.8, 4) is 12.3 Å². The monoisotopic (exact) mass is 205 g/mol. The van der Waals surface area contributed by atoms with Crippen molar-refractivity contribution in [2.75, 3.05) is 7.05 Å². The van der Waals surface area contributed by atoms with Crippen LogP contribution in [0.15, 0.2) is 24.3 Å². The molecule has 0 spiro atoms. The first-order valence-corrected chi connectivity index (χ1v) is 5.14. The fraction of sp³-hybridized carbons (Fsp3) is 0.385. The molecule has 1 aromatic rings. The number of terminal acetylenes is 1. The van der Waals surface area contributed by atoms with Crippen LogP contribution in [0, 0.1) is 18.2 Å². The van der Waals surface area contributed by atoms with Gasteiger partial charge in [-0.1, -0.05) is 12.1 Å². The molecule has 0 bridgehead atoms. The first-order chi connectivity index (χ1) is 7.27. The maximum absolute atomic E-state index is 13.0. The molecule has 0 aromatic heterocycles. The van der Waals surface area contributed by atoms with Gasteiger partial charge in [-0.05, 0) is 37.6 Å². The summed E-state index contributed by atoms with van der Waals surface area (Å²) in [5, 5.41) is 3.17. The molecule has 2 heteroatoms. The molecule has 15 heavy (non-hydrogen) atoms. The number of hydrogen-bond acceptors (Lipinski definition) is 1. The smallest absolute Gasteiger partial charge is 0.123 e. The third kappa shape index (κ3) is 3.73. The molecule has 0 fully saturated rings. The van der Waals surface area contributed by atoms with Gasteiger partial charge in [-0.15, -0.1) is 12.3 Å². The highest BCUT2D eigenvalue weighted by molar-refractivity contribution is 5.20. The zero-order valence-corrected chi connectivity index (χ0v) is 8.96. The maximum atomic E-state index is 13.0. The Hall–Kier alpha value is -1.33. The average molecular weight is 205 g/mol. The second kappa shape index (κ2) is 6.21. The molecule has 0 aliphatic carbocycles. The summed E-state index contributed by atoms with van der Waals surface area (Å²) in [6, 6.07) is 6.87. The lowest BCUT2D eigenvalue weighted by Crippen LogP contribution is -2.16. The van der Waals surface area contributed by atoms with Crippen molar-refractivity contribution < 1.29 is 4.39 Å². The molecule has 0 heterocycles. The summed E-state index contributed by atoms with van der Waals surface area (Å²) in [7, 11) is 1.88. The van der Waals surface area contributed by atoms with E-state index in [1.165, 1.54) is 6.07 Å². The van der Waals surface area contributed by atoms with Crippen LogP contribution in [-0.4, -0.2) is 7.05 Å². The average Bonchev–Trinajstić information content (AvgIpc) is 2.24. The van der Waals surface area contributed by atoms with Crippen molar-refractivity contribution in [3.05, 3.63) is 35.6 Å². The Morgan fingerprint density at radius 3 is 2.93 bits per heavy atom. The molecule has 1 aromatic carbocycles. The van der Waals surface area contributed by atoms with E-state index in [-0.39, 0.29) is 11.9 Å². The van der Waals surface area contributed by atoms with Gasteiger partial charge in [0.1, 0.15) is 5.82 Å². The third-order valence-corrected chi connectivity index (χ3v) is 2.41. The normalized spacial score (nSPS) is 12.1. The Morgan fingerprint density at radius 1 is 1.53 bits per heavy atom. The van der Waals surface area contributed by atoms with Gasteiger partial charge in [0.25, 0.3) is 0 Å². The van der Waals surface area contributed by atoms with Crippen molar-refractivity contribution in [1.82, 2.24) is 5.32 Å². The predicted molar refractivity (Wildman–Crippen MR) is 60.9 cm³/mol. The number of benzene rings is 1. The quantitative estimate of drug-likeness (QED) is 0.575. The van der Waals surface area contributed by atoms with Crippen LogP contribution in [0.2, 0.25) is 0 Å². The van der Waals surface area contributed by atoms with E-state index >= 15 is 0 Å². The van der Waals surface area contributed by atoms with Crippen molar-refractivity contribution >= 4 is 0 Å². The van der Waals surface area contributed by atoms with E-state index in [2.05, 4.69) is 11.2 Å². The minimum Gasteiger partial charge on any atom is -0.313 e. The fourth-order valence-corrected chi connectivity index (χ4v) is 1.61. The summed E-state index contributed by atoms with van der Waals surface area (Å²) in [6.45, 7) is 0. The van der Waals surface area contributed by atoms with E-state index in [9.17, 15) is 4.39 Å². The molecule has 0 amide bonds. The van der Waals surface area contributed by atoms with Crippen LogP contribution in [-0.2, 0) is 0 Å². The van der Waals surface area contributed by atoms with Gasteiger partial charge in [0.15, 0.2) is 0 Å². The number of rotatable bonds is 5. The summed E-state index contributed by atoms with van der Waals surface area (Å²) in [5.41, 5.74) is 0.981. The largest absolute Gasteiger partial charge is 0.313 e. The zero-order valence-electron chi connectivity index (χ0n) is 8.96. The lowest BCUT2D eigenvalue weighted by molar-refractivity contribution is 0.526. The molecule has 0 radical (unpaired) electrons. The highest BCUT2D eigenvalue weighted by Crippen LogP contribution is 2.19. The summed E-state index contributed by atoms with van der Waals surface area (Å²) in [5.74, 6) is 2.42. The minimum atomic E-state index is -0.190.